The maximum atomic E-state index is 12.5. The van der Waals surface area contributed by atoms with E-state index in [0.717, 1.165) is 12.8 Å². The van der Waals surface area contributed by atoms with Gasteiger partial charge in [0.2, 0.25) is 15.9 Å². The molecule has 1 fully saturated rings. The smallest absolute Gasteiger partial charge is 0.335 e. The van der Waals surface area contributed by atoms with Crippen LogP contribution in [0.4, 0.5) is 5.69 Å². The molecular weight excluding hydrogens is 332 g/mol. The standard InChI is InChI=1S/C16H22N2O5S/c1-2-10-24(22,23)18-9-4-3-8-14(18)15(19)17-13-7-5-6-12(11-13)16(20)21/h5-7,11,14H,2-4,8-10H2,1H3,(H,17,19)(H,20,21). The molecule has 2 rings (SSSR count). The Labute approximate surface area is 141 Å². The Bertz CT molecular complexity index is 717. The molecule has 2 N–H and O–H groups in total. The van der Waals surface area contributed by atoms with Crippen LogP contribution in [0.1, 0.15) is 43.0 Å². The second kappa shape index (κ2) is 7.76. The molecule has 0 saturated carbocycles. The summed E-state index contributed by atoms with van der Waals surface area (Å²) in [6.07, 6.45) is 2.48. The number of sulfonamides is 1. The van der Waals surface area contributed by atoms with Crippen LogP contribution < -0.4 is 5.32 Å². The lowest BCUT2D eigenvalue weighted by molar-refractivity contribution is -0.120. The molecule has 0 bridgehead atoms. The quantitative estimate of drug-likeness (QED) is 0.812. The summed E-state index contributed by atoms with van der Waals surface area (Å²) < 4.78 is 26.0. The number of piperidine rings is 1. The van der Waals surface area contributed by atoms with Gasteiger partial charge in [-0.3, -0.25) is 4.79 Å². The van der Waals surface area contributed by atoms with E-state index in [2.05, 4.69) is 5.32 Å². The first kappa shape index (κ1) is 18.4. The number of carbonyl (C=O) groups is 2. The van der Waals surface area contributed by atoms with Crippen LogP contribution in [-0.4, -0.2) is 48.0 Å². The minimum atomic E-state index is -3.46. The molecule has 0 spiro atoms. The van der Waals surface area contributed by atoms with Crippen molar-refractivity contribution in [3.63, 3.8) is 0 Å². The molecule has 7 nitrogen and oxygen atoms in total. The molecule has 24 heavy (non-hydrogen) atoms. The van der Waals surface area contributed by atoms with Crippen LogP contribution in [0.25, 0.3) is 0 Å². The van der Waals surface area contributed by atoms with Gasteiger partial charge in [-0.05, 0) is 37.5 Å². The second-order valence-electron chi connectivity index (χ2n) is 5.81. The van der Waals surface area contributed by atoms with Crippen LogP contribution in [0.5, 0.6) is 0 Å². The zero-order chi connectivity index (χ0) is 17.7. The number of hydrogen-bond donors (Lipinski definition) is 2. The Morgan fingerprint density at radius 3 is 2.75 bits per heavy atom. The summed E-state index contributed by atoms with van der Waals surface area (Å²) in [7, 11) is -3.46. The fraction of sp³-hybridized carbons (Fsp3) is 0.500. The average molecular weight is 354 g/mol. The van der Waals surface area contributed by atoms with Crippen LogP contribution >= 0.6 is 0 Å². The summed E-state index contributed by atoms with van der Waals surface area (Å²) >= 11 is 0. The molecule has 0 aliphatic carbocycles. The summed E-state index contributed by atoms with van der Waals surface area (Å²) in [5, 5.41) is 11.6. The van der Waals surface area contributed by atoms with E-state index in [-0.39, 0.29) is 11.3 Å². The molecule has 0 aromatic heterocycles. The fourth-order valence-electron chi connectivity index (χ4n) is 2.83. The van der Waals surface area contributed by atoms with Gasteiger partial charge in [0.25, 0.3) is 0 Å². The Morgan fingerprint density at radius 2 is 2.08 bits per heavy atom. The lowest BCUT2D eigenvalue weighted by Gasteiger charge is -2.33. The molecule has 132 valence electrons. The highest BCUT2D eigenvalue weighted by molar-refractivity contribution is 7.89. The molecule has 1 heterocycles. The molecular formula is C16H22N2O5S. The van der Waals surface area contributed by atoms with Gasteiger partial charge in [-0.2, -0.15) is 4.31 Å². The molecule has 1 saturated heterocycles. The van der Waals surface area contributed by atoms with Crippen molar-refractivity contribution in [1.82, 2.24) is 4.31 Å². The third-order valence-electron chi connectivity index (χ3n) is 3.95. The minimum absolute atomic E-state index is 0.0191. The number of anilines is 1. The number of carboxylic acids is 1. The fourth-order valence-corrected chi connectivity index (χ4v) is 4.58. The topological polar surface area (TPSA) is 104 Å². The highest BCUT2D eigenvalue weighted by Crippen LogP contribution is 2.23. The van der Waals surface area contributed by atoms with Gasteiger partial charge in [-0.25, -0.2) is 13.2 Å². The number of hydrogen-bond acceptors (Lipinski definition) is 4. The van der Waals surface area contributed by atoms with Crippen molar-refractivity contribution < 1.29 is 23.1 Å². The molecule has 1 amide bonds. The van der Waals surface area contributed by atoms with E-state index in [9.17, 15) is 18.0 Å². The SMILES string of the molecule is CCCS(=O)(=O)N1CCCCC1C(=O)Nc1cccc(C(=O)O)c1. The van der Waals surface area contributed by atoms with Crippen molar-refractivity contribution in [2.24, 2.45) is 0 Å². The van der Waals surface area contributed by atoms with Gasteiger partial charge in [-0.15, -0.1) is 0 Å². The van der Waals surface area contributed by atoms with E-state index >= 15 is 0 Å². The summed E-state index contributed by atoms with van der Waals surface area (Å²) in [6, 6.07) is 5.15. The predicted molar refractivity (Wildman–Crippen MR) is 90.5 cm³/mol. The van der Waals surface area contributed by atoms with E-state index in [1.807, 2.05) is 0 Å². The molecule has 1 aliphatic rings. The Balaban J connectivity index is 2.17. The van der Waals surface area contributed by atoms with E-state index in [0.29, 0.717) is 25.1 Å². The zero-order valence-electron chi connectivity index (χ0n) is 13.6. The molecule has 1 aromatic carbocycles. The maximum Gasteiger partial charge on any atom is 0.335 e. The van der Waals surface area contributed by atoms with Crippen LogP contribution in [0.15, 0.2) is 24.3 Å². The van der Waals surface area contributed by atoms with Gasteiger partial charge < -0.3 is 10.4 Å². The van der Waals surface area contributed by atoms with Gasteiger partial charge in [-0.1, -0.05) is 19.4 Å². The van der Waals surface area contributed by atoms with Crippen molar-refractivity contribution in [2.75, 3.05) is 17.6 Å². The van der Waals surface area contributed by atoms with Crippen LogP contribution in [0, 0.1) is 0 Å². The van der Waals surface area contributed by atoms with Crippen LogP contribution in [0.3, 0.4) is 0 Å². The Kier molecular flexibility index (Phi) is 5.95. The third-order valence-corrected chi connectivity index (χ3v) is 6.03. The summed E-state index contributed by atoms with van der Waals surface area (Å²) in [5.74, 6) is -1.49. The van der Waals surface area contributed by atoms with Crippen LogP contribution in [-0.2, 0) is 14.8 Å². The van der Waals surface area contributed by atoms with Gasteiger partial charge in [0, 0.05) is 12.2 Å². The largest absolute Gasteiger partial charge is 0.478 e. The Morgan fingerprint density at radius 1 is 1.33 bits per heavy atom. The number of aromatic carboxylic acids is 1. The van der Waals surface area contributed by atoms with Crippen molar-refractivity contribution in [2.45, 2.75) is 38.6 Å². The summed E-state index contributed by atoms with van der Waals surface area (Å²) in [6.45, 7) is 2.13. The average Bonchev–Trinajstić information content (AvgIpc) is 2.55. The normalized spacial score (nSPS) is 19.0. The van der Waals surface area contributed by atoms with Gasteiger partial charge >= 0.3 is 5.97 Å². The summed E-state index contributed by atoms with van der Waals surface area (Å²) in [4.78, 5) is 23.5. The number of amides is 1. The lowest BCUT2D eigenvalue weighted by atomic mass is 10.0. The first-order valence-corrected chi connectivity index (χ1v) is 9.60. The predicted octanol–water partition coefficient (Wildman–Crippen LogP) is 1.92. The van der Waals surface area contributed by atoms with E-state index < -0.39 is 27.9 Å². The zero-order valence-corrected chi connectivity index (χ0v) is 14.4. The Hall–Kier alpha value is -1.93. The maximum absolute atomic E-state index is 12.5. The van der Waals surface area contributed by atoms with Gasteiger partial charge in [0.1, 0.15) is 6.04 Å². The monoisotopic (exact) mass is 354 g/mol. The lowest BCUT2D eigenvalue weighted by Crippen LogP contribution is -2.50. The highest BCUT2D eigenvalue weighted by Gasteiger charge is 2.36. The third kappa shape index (κ3) is 4.33. The molecule has 0 radical (unpaired) electrons. The number of carboxylic acid groups (broad SMARTS) is 1. The highest BCUT2D eigenvalue weighted by atomic mass is 32.2. The van der Waals surface area contributed by atoms with Crippen molar-refractivity contribution in [3.05, 3.63) is 29.8 Å². The van der Waals surface area contributed by atoms with Gasteiger partial charge in [0.05, 0.1) is 11.3 Å². The number of carbonyl (C=O) groups excluding carboxylic acids is 1. The molecule has 1 aromatic rings. The first-order chi connectivity index (χ1) is 11.3. The van der Waals surface area contributed by atoms with Gasteiger partial charge in [0.15, 0.2) is 0 Å². The molecule has 1 unspecified atom stereocenters. The minimum Gasteiger partial charge on any atom is -0.478 e. The number of nitrogens with zero attached hydrogens (tertiary/aromatic N) is 1. The van der Waals surface area contributed by atoms with Crippen molar-refractivity contribution >= 4 is 27.6 Å². The molecule has 8 heteroatoms. The van der Waals surface area contributed by atoms with Crippen LogP contribution in [0.2, 0.25) is 0 Å². The van der Waals surface area contributed by atoms with E-state index in [4.69, 9.17) is 5.11 Å². The molecule has 1 atom stereocenters. The van der Waals surface area contributed by atoms with E-state index in [1.54, 1.807) is 13.0 Å². The summed E-state index contributed by atoms with van der Waals surface area (Å²) in [5.41, 5.74) is 0.408. The first-order valence-electron chi connectivity index (χ1n) is 7.99. The number of benzene rings is 1. The number of rotatable bonds is 6. The number of nitrogens with one attached hydrogen (secondary N) is 1. The van der Waals surface area contributed by atoms with Crippen molar-refractivity contribution in [3.8, 4) is 0 Å². The van der Waals surface area contributed by atoms with Crippen molar-refractivity contribution in [1.29, 1.82) is 0 Å². The second-order valence-corrected chi connectivity index (χ2v) is 7.85. The molecule has 1 aliphatic heterocycles. The van der Waals surface area contributed by atoms with E-state index in [1.165, 1.54) is 22.5 Å².